The fourth-order valence-electron chi connectivity index (χ4n) is 8.80. The van der Waals surface area contributed by atoms with Crippen molar-refractivity contribution in [3.63, 3.8) is 0 Å². The zero-order valence-corrected chi connectivity index (χ0v) is 28.7. The van der Waals surface area contributed by atoms with Crippen molar-refractivity contribution in [2.45, 2.75) is 17.8 Å². The van der Waals surface area contributed by atoms with Crippen LogP contribution in [0.25, 0.3) is 22.3 Å². The monoisotopic (exact) mass is 668 g/mol. The van der Waals surface area contributed by atoms with Gasteiger partial charge in [0.15, 0.2) is 23.0 Å². The van der Waals surface area contributed by atoms with Gasteiger partial charge in [0.1, 0.15) is 0 Å². The highest BCUT2D eigenvalue weighted by atomic mass is 16.6. The van der Waals surface area contributed by atoms with Gasteiger partial charge in [0.2, 0.25) is 0 Å². The lowest BCUT2D eigenvalue weighted by molar-refractivity contribution is 0.355. The molecule has 0 bridgehead atoms. The van der Waals surface area contributed by atoms with Crippen LogP contribution < -0.4 is 9.47 Å². The second-order valence-electron chi connectivity index (χ2n) is 14.0. The Bertz CT molecular complexity index is 2440. The third-order valence-electron chi connectivity index (χ3n) is 11.1. The van der Waals surface area contributed by atoms with Gasteiger partial charge in [-0.25, -0.2) is 0 Å². The van der Waals surface area contributed by atoms with Crippen LogP contribution in [0.1, 0.15) is 39.3 Å². The first kappa shape index (κ1) is 30.4. The Morgan fingerprint density at radius 1 is 0.442 bits per heavy atom. The van der Waals surface area contributed by atoms with Crippen molar-refractivity contribution in [1.82, 2.24) is 0 Å². The molecule has 10 rings (SSSR count). The van der Waals surface area contributed by atoms with E-state index in [1.54, 1.807) is 0 Å². The van der Waals surface area contributed by atoms with Crippen LogP contribution in [0.3, 0.4) is 0 Å². The number of ether oxygens (including phenoxy) is 2. The van der Waals surface area contributed by atoms with Gasteiger partial charge >= 0.3 is 0 Å². The Morgan fingerprint density at radius 3 is 1.81 bits per heavy atom. The Labute approximate surface area is 305 Å². The third-order valence-corrected chi connectivity index (χ3v) is 11.1. The van der Waals surface area contributed by atoms with E-state index in [0.29, 0.717) is 0 Å². The molecule has 248 valence electrons. The summed E-state index contributed by atoms with van der Waals surface area (Å²) >= 11 is 0. The summed E-state index contributed by atoms with van der Waals surface area (Å²) < 4.78 is 13.6. The van der Waals surface area contributed by atoms with Gasteiger partial charge in [-0.2, -0.15) is 0 Å². The molecule has 2 aliphatic carbocycles. The molecule has 0 amide bonds. The zero-order valence-electron chi connectivity index (χ0n) is 28.7. The summed E-state index contributed by atoms with van der Waals surface area (Å²) in [6.45, 7) is 0. The molecule has 0 radical (unpaired) electrons. The predicted molar refractivity (Wildman–Crippen MR) is 210 cm³/mol. The SMILES string of the molecule is C1=CC2c3c(ccc4c3Oc3ccc(-c5ccc(Cc6cccc(-c7ccccc7)c6)cc5)cc3O4)C(c3ccccc3)(c3ccccc3)C2C=C1. The maximum atomic E-state index is 6.87. The summed E-state index contributed by atoms with van der Waals surface area (Å²) in [5.41, 5.74) is 12.0. The maximum absolute atomic E-state index is 6.87. The van der Waals surface area contributed by atoms with E-state index < -0.39 is 0 Å². The van der Waals surface area contributed by atoms with E-state index in [0.717, 1.165) is 40.5 Å². The summed E-state index contributed by atoms with van der Waals surface area (Å²) in [6.07, 6.45) is 9.97. The second-order valence-corrected chi connectivity index (χ2v) is 14.0. The molecule has 2 heteroatoms. The molecule has 3 aliphatic rings. The number of fused-ring (bicyclic) bond motifs is 6. The van der Waals surface area contributed by atoms with Crippen LogP contribution in [0, 0.1) is 5.92 Å². The van der Waals surface area contributed by atoms with E-state index in [2.05, 4.69) is 194 Å². The van der Waals surface area contributed by atoms with Crippen molar-refractivity contribution >= 4 is 0 Å². The standard InChI is InChI=1S/C50H36O2/c1-4-14-36(15-5-1)38-16-12-13-35(32-38)31-34-23-25-37(26-24-34)39-27-29-45-47(33-39)51-46-30-28-44-48(49(46)52-45)42-21-10-11-22-43(42)50(44,40-17-6-2-7-18-40)41-19-8-3-9-20-41/h1-30,32-33,42-43H,31H2. The molecule has 0 spiro atoms. The van der Waals surface area contributed by atoms with E-state index in [9.17, 15) is 0 Å². The largest absolute Gasteiger partial charge is 0.449 e. The van der Waals surface area contributed by atoms with Gasteiger partial charge in [0.25, 0.3) is 0 Å². The van der Waals surface area contributed by atoms with Crippen LogP contribution in [0.5, 0.6) is 23.0 Å². The lowest BCUT2D eigenvalue weighted by Gasteiger charge is -2.38. The van der Waals surface area contributed by atoms with Gasteiger partial charge in [-0.3, -0.25) is 0 Å². The van der Waals surface area contributed by atoms with Crippen LogP contribution in [-0.4, -0.2) is 0 Å². The minimum absolute atomic E-state index is 0.138. The summed E-state index contributed by atoms with van der Waals surface area (Å²) in [4.78, 5) is 0. The van der Waals surface area contributed by atoms with Crippen molar-refractivity contribution in [3.05, 3.63) is 228 Å². The summed E-state index contributed by atoms with van der Waals surface area (Å²) in [7, 11) is 0. The fraction of sp³-hybridized carbons (Fsp3) is 0.0800. The molecule has 0 N–H and O–H groups in total. The van der Waals surface area contributed by atoms with Gasteiger partial charge in [-0.05, 0) is 74.7 Å². The highest BCUT2D eigenvalue weighted by Crippen LogP contribution is 2.64. The average Bonchev–Trinajstić information content (AvgIpc) is 3.53. The highest BCUT2D eigenvalue weighted by molar-refractivity contribution is 5.73. The first-order valence-corrected chi connectivity index (χ1v) is 18.1. The quantitative estimate of drug-likeness (QED) is 0.176. The predicted octanol–water partition coefficient (Wildman–Crippen LogP) is 12.7. The summed E-state index contributed by atoms with van der Waals surface area (Å²) in [5, 5.41) is 0. The molecule has 0 aromatic heterocycles. The fourth-order valence-corrected chi connectivity index (χ4v) is 8.80. The first-order valence-electron chi connectivity index (χ1n) is 18.1. The molecular formula is C50H36O2. The molecule has 2 nitrogen and oxygen atoms in total. The zero-order chi connectivity index (χ0) is 34.5. The van der Waals surface area contributed by atoms with E-state index in [-0.39, 0.29) is 17.3 Å². The lowest BCUT2D eigenvalue weighted by Crippen LogP contribution is -2.34. The van der Waals surface area contributed by atoms with E-state index >= 15 is 0 Å². The van der Waals surface area contributed by atoms with Crippen molar-refractivity contribution < 1.29 is 9.47 Å². The first-order chi connectivity index (χ1) is 25.8. The van der Waals surface area contributed by atoms with Crippen LogP contribution in [-0.2, 0) is 11.8 Å². The van der Waals surface area contributed by atoms with Crippen molar-refractivity contribution in [2.75, 3.05) is 0 Å². The molecular weight excluding hydrogens is 633 g/mol. The molecule has 0 fully saturated rings. The molecule has 7 aromatic rings. The van der Waals surface area contributed by atoms with E-state index in [4.69, 9.17) is 9.47 Å². The van der Waals surface area contributed by atoms with Crippen molar-refractivity contribution in [2.24, 2.45) is 5.92 Å². The minimum Gasteiger partial charge on any atom is -0.449 e. The van der Waals surface area contributed by atoms with Gasteiger partial charge in [-0.1, -0.05) is 176 Å². The maximum Gasteiger partial charge on any atom is 0.174 e. The number of hydrogen-bond donors (Lipinski definition) is 0. The normalized spacial score (nSPS) is 17.2. The number of rotatable bonds is 6. The summed E-state index contributed by atoms with van der Waals surface area (Å²) in [5.74, 6) is 3.38. The molecule has 2 unspecified atom stereocenters. The van der Waals surface area contributed by atoms with Gasteiger partial charge in [0.05, 0.1) is 5.41 Å². The van der Waals surface area contributed by atoms with Crippen molar-refractivity contribution in [3.8, 4) is 45.3 Å². The molecule has 52 heavy (non-hydrogen) atoms. The molecule has 0 saturated heterocycles. The molecule has 0 saturated carbocycles. The smallest absolute Gasteiger partial charge is 0.174 e. The number of hydrogen-bond acceptors (Lipinski definition) is 2. The number of allylic oxidation sites excluding steroid dienone is 4. The minimum atomic E-state index is -0.372. The van der Waals surface area contributed by atoms with Gasteiger partial charge < -0.3 is 9.47 Å². The number of benzene rings is 7. The average molecular weight is 669 g/mol. The van der Waals surface area contributed by atoms with Crippen molar-refractivity contribution in [1.29, 1.82) is 0 Å². The Morgan fingerprint density at radius 2 is 1.06 bits per heavy atom. The van der Waals surface area contributed by atoms with Crippen LogP contribution in [0.15, 0.2) is 194 Å². The van der Waals surface area contributed by atoms with Crippen LogP contribution in [0.4, 0.5) is 0 Å². The molecule has 7 aromatic carbocycles. The lowest BCUT2D eigenvalue weighted by atomic mass is 9.63. The summed E-state index contributed by atoms with van der Waals surface area (Å²) in [6, 6.07) is 60.9. The van der Waals surface area contributed by atoms with Gasteiger partial charge in [-0.15, -0.1) is 0 Å². The van der Waals surface area contributed by atoms with E-state index in [1.165, 1.54) is 44.5 Å². The Balaban J connectivity index is 0.968. The molecule has 1 heterocycles. The molecule has 1 aliphatic heterocycles. The Hall–Kier alpha value is -6.38. The third kappa shape index (κ3) is 4.94. The second kappa shape index (κ2) is 12.4. The van der Waals surface area contributed by atoms with Crippen LogP contribution in [0.2, 0.25) is 0 Å². The van der Waals surface area contributed by atoms with Gasteiger partial charge in [0, 0.05) is 17.4 Å². The topological polar surface area (TPSA) is 18.5 Å². The van der Waals surface area contributed by atoms with Crippen LogP contribution >= 0.6 is 0 Å². The Kier molecular flexibility index (Phi) is 7.28. The van der Waals surface area contributed by atoms with E-state index in [1.807, 2.05) is 0 Å². The highest BCUT2D eigenvalue weighted by Gasteiger charge is 2.54. The molecule has 2 atom stereocenters.